The van der Waals surface area contributed by atoms with Gasteiger partial charge in [0.05, 0.1) is 18.2 Å². The summed E-state index contributed by atoms with van der Waals surface area (Å²) in [7, 11) is 2.16. The van der Waals surface area contributed by atoms with Crippen molar-refractivity contribution in [3.63, 3.8) is 0 Å². The Balaban J connectivity index is 1.71. The molecule has 0 aromatic carbocycles. The fourth-order valence-electron chi connectivity index (χ4n) is 2.04. The molecule has 1 unspecified atom stereocenters. The number of hydrogen-bond acceptors (Lipinski definition) is 4. The maximum Gasteiger partial charge on any atom is 0.393 e. The highest BCUT2D eigenvalue weighted by atomic mass is 35.5. The molecule has 0 bridgehead atoms. The number of oxazole rings is 1. The lowest BCUT2D eigenvalue weighted by Gasteiger charge is -2.18. The van der Waals surface area contributed by atoms with Crippen LogP contribution in [0, 0.1) is 0 Å². The van der Waals surface area contributed by atoms with Crippen molar-refractivity contribution in [3.8, 4) is 6.08 Å². The highest BCUT2D eigenvalue weighted by Crippen LogP contribution is 2.18. The number of likely N-dealkylation sites (tertiary alicyclic amines) is 1. The summed E-state index contributed by atoms with van der Waals surface area (Å²) < 4.78 is 10.6. The van der Waals surface area contributed by atoms with Crippen LogP contribution in [0.1, 0.15) is 25.0 Å². The van der Waals surface area contributed by atoms with Gasteiger partial charge in [0.15, 0.2) is 0 Å². The summed E-state index contributed by atoms with van der Waals surface area (Å²) in [6.07, 6.45) is 5.44. The van der Waals surface area contributed by atoms with Crippen molar-refractivity contribution < 1.29 is 9.15 Å². The standard InChI is InChI=1S/C11H17ClN2O2/c1-14-5-2-3-10(14)4-6-15-11-13-9(7-12)8-16-11/h8,10H,2-7H2,1H3. The second-order valence-electron chi connectivity index (χ2n) is 4.15. The quantitative estimate of drug-likeness (QED) is 0.745. The van der Waals surface area contributed by atoms with Crippen molar-refractivity contribution >= 4 is 11.6 Å². The summed E-state index contributed by atoms with van der Waals surface area (Å²) in [5, 5.41) is 0. The zero-order valence-electron chi connectivity index (χ0n) is 9.49. The van der Waals surface area contributed by atoms with Crippen LogP contribution in [0.25, 0.3) is 0 Å². The predicted octanol–water partition coefficient (Wildman–Crippen LogP) is 2.28. The molecule has 1 aromatic rings. The van der Waals surface area contributed by atoms with Crippen molar-refractivity contribution in [2.75, 3.05) is 20.2 Å². The van der Waals surface area contributed by atoms with E-state index in [0.717, 1.165) is 12.1 Å². The van der Waals surface area contributed by atoms with E-state index in [9.17, 15) is 0 Å². The zero-order chi connectivity index (χ0) is 11.4. The molecule has 5 heteroatoms. The average molecular weight is 245 g/mol. The fourth-order valence-corrected chi connectivity index (χ4v) is 2.17. The van der Waals surface area contributed by atoms with E-state index in [4.69, 9.17) is 20.8 Å². The molecule has 1 aliphatic heterocycles. The minimum Gasteiger partial charge on any atom is -0.450 e. The second kappa shape index (κ2) is 5.55. The lowest BCUT2D eigenvalue weighted by molar-refractivity contribution is 0.192. The molecule has 0 spiro atoms. The van der Waals surface area contributed by atoms with Crippen molar-refractivity contribution in [1.29, 1.82) is 0 Å². The molecule has 1 atom stereocenters. The molecule has 1 fully saturated rings. The number of nitrogens with zero attached hydrogens (tertiary/aromatic N) is 2. The second-order valence-corrected chi connectivity index (χ2v) is 4.42. The molecule has 0 aliphatic carbocycles. The number of rotatable bonds is 5. The normalized spacial score (nSPS) is 21.5. The summed E-state index contributed by atoms with van der Waals surface area (Å²) in [4.78, 5) is 6.46. The summed E-state index contributed by atoms with van der Waals surface area (Å²) in [5.74, 6) is 0.359. The fraction of sp³-hybridized carbons (Fsp3) is 0.727. The van der Waals surface area contributed by atoms with Gasteiger partial charge in [-0.2, -0.15) is 4.98 Å². The van der Waals surface area contributed by atoms with Gasteiger partial charge in [-0.25, -0.2) is 0 Å². The van der Waals surface area contributed by atoms with Crippen LogP contribution in [0.15, 0.2) is 10.7 Å². The number of halogens is 1. The summed E-state index contributed by atoms with van der Waals surface area (Å²) in [6.45, 7) is 1.84. The first-order valence-corrected chi connectivity index (χ1v) is 6.16. The largest absolute Gasteiger partial charge is 0.450 e. The zero-order valence-corrected chi connectivity index (χ0v) is 10.2. The van der Waals surface area contributed by atoms with E-state index in [2.05, 4.69) is 16.9 Å². The van der Waals surface area contributed by atoms with Gasteiger partial charge in [0.1, 0.15) is 6.26 Å². The van der Waals surface area contributed by atoms with Crippen LogP contribution >= 0.6 is 11.6 Å². The highest BCUT2D eigenvalue weighted by molar-refractivity contribution is 6.16. The molecule has 1 saturated heterocycles. The van der Waals surface area contributed by atoms with Crippen LogP contribution in [-0.2, 0) is 5.88 Å². The first-order chi connectivity index (χ1) is 7.79. The van der Waals surface area contributed by atoms with Crippen molar-refractivity contribution in [3.05, 3.63) is 12.0 Å². The smallest absolute Gasteiger partial charge is 0.393 e. The number of alkyl halides is 1. The van der Waals surface area contributed by atoms with Gasteiger partial charge in [0, 0.05) is 6.04 Å². The Kier molecular flexibility index (Phi) is 4.07. The molecule has 2 heterocycles. The predicted molar refractivity (Wildman–Crippen MR) is 61.8 cm³/mol. The Bertz CT molecular complexity index is 330. The first-order valence-electron chi connectivity index (χ1n) is 5.63. The van der Waals surface area contributed by atoms with Crippen LogP contribution in [-0.4, -0.2) is 36.1 Å². The van der Waals surface area contributed by atoms with Crippen LogP contribution in [0.4, 0.5) is 0 Å². The maximum absolute atomic E-state index is 5.61. The molecule has 0 N–H and O–H groups in total. The minimum absolute atomic E-state index is 0.330. The number of ether oxygens (including phenoxy) is 1. The van der Waals surface area contributed by atoms with Crippen LogP contribution in [0.2, 0.25) is 0 Å². The molecule has 0 saturated carbocycles. The van der Waals surface area contributed by atoms with E-state index < -0.39 is 0 Å². The van der Waals surface area contributed by atoms with Gasteiger partial charge < -0.3 is 14.1 Å². The van der Waals surface area contributed by atoms with Gasteiger partial charge in [-0.3, -0.25) is 0 Å². The third-order valence-corrected chi connectivity index (χ3v) is 3.29. The Labute approximate surface area is 101 Å². The van der Waals surface area contributed by atoms with Crippen LogP contribution in [0.3, 0.4) is 0 Å². The monoisotopic (exact) mass is 244 g/mol. The van der Waals surface area contributed by atoms with Gasteiger partial charge >= 0.3 is 6.08 Å². The first kappa shape index (κ1) is 11.7. The van der Waals surface area contributed by atoms with E-state index in [-0.39, 0.29) is 0 Å². The van der Waals surface area contributed by atoms with Crippen molar-refractivity contribution in [2.24, 2.45) is 0 Å². The highest BCUT2D eigenvalue weighted by Gasteiger charge is 2.20. The van der Waals surface area contributed by atoms with Gasteiger partial charge in [-0.1, -0.05) is 0 Å². The van der Waals surface area contributed by atoms with Gasteiger partial charge in [0.25, 0.3) is 0 Å². The Hall–Kier alpha value is -0.740. The number of hydrogen-bond donors (Lipinski definition) is 0. The topological polar surface area (TPSA) is 38.5 Å². The average Bonchev–Trinajstić information content (AvgIpc) is 2.89. The van der Waals surface area contributed by atoms with Gasteiger partial charge in [0.2, 0.25) is 0 Å². The third kappa shape index (κ3) is 2.89. The van der Waals surface area contributed by atoms with E-state index >= 15 is 0 Å². The molecule has 1 aliphatic rings. The van der Waals surface area contributed by atoms with Crippen molar-refractivity contribution in [1.82, 2.24) is 9.88 Å². The van der Waals surface area contributed by atoms with E-state index in [1.165, 1.54) is 25.6 Å². The molecule has 90 valence electrons. The van der Waals surface area contributed by atoms with Gasteiger partial charge in [-0.15, -0.1) is 11.6 Å². The summed E-state index contributed by atoms with van der Waals surface area (Å²) in [5.41, 5.74) is 0.717. The van der Waals surface area contributed by atoms with E-state index in [0.29, 0.717) is 24.6 Å². The number of aromatic nitrogens is 1. The van der Waals surface area contributed by atoms with Crippen LogP contribution < -0.4 is 4.74 Å². The van der Waals surface area contributed by atoms with Crippen molar-refractivity contribution in [2.45, 2.75) is 31.2 Å². The molecule has 4 nitrogen and oxygen atoms in total. The lowest BCUT2D eigenvalue weighted by Crippen LogP contribution is -2.26. The maximum atomic E-state index is 5.61. The SMILES string of the molecule is CN1CCCC1CCOc1nc(CCl)co1. The third-order valence-electron chi connectivity index (χ3n) is 3.02. The Morgan fingerprint density at radius 3 is 3.19 bits per heavy atom. The lowest BCUT2D eigenvalue weighted by atomic mass is 10.2. The molecular formula is C11H17ClN2O2. The Morgan fingerprint density at radius 2 is 2.56 bits per heavy atom. The minimum atomic E-state index is 0.330. The molecule has 1 aromatic heterocycles. The Morgan fingerprint density at radius 1 is 1.69 bits per heavy atom. The molecule has 16 heavy (non-hydrogen) atoms. The molecule has 0 radical (unpaired) electrons. The summed E-state index contributed by atoms with van der Waals surface area (Å²) >= 11 is 5.61. The van der Waals surface area contributed by atoms with Gasteiger partial charge in [-0.05, 0) is 32.9 Å². The van der Waals surface area contributed by atoms with E-state index in [1.54, 1.807) is 0 Å². The summed E-state index contributed by atoms with van der Waals surface area (Å²) in [6, 6.07) is 0.641. The molecular weight excluding hydrogens is 228 g/mol. The molecule has 2 rings (SSSR count). The molecule has 0 amide bonds. The van der Waals surface area contributed by atoms with Crippen LogP contribution in [0.5, 0.6) is 6.08 Å². The van der Waals surface area contributed by atoms with E-state index in [1.807, 2.05) is 0 Å².